The van der Waals surface area contributed by atoms with Crippen molar-refractivity contribution in [2.75, 3.05) is 25.4 Å². The Morgan fingerprint density at radius 3 is 2.26 bits per heavy atom. The topological polar surface area (TPSA) is 153 Å². The van der Waals surface area contributed by atoms with Crippen molar-refractivity contribution >= 4 is 51.2 Å². The molecule has 1 heterocycles. The van der Waals surface area contributed by atoms with Crippen molar-refractivity contribution in [2.45, 2.75) is 63.7 Å². The highest BCUT2D eigenvalue weighted by molar-refractivity contribution is 7.89. The Morgan fingerprint density at radius 1 is 1.02 bits per heavy atom. The zero-order valence-corrected chi connectivity index (χ0v) is 30.4. The summed E-state index contributed by atoms with van der Waals surface area (Å²) >= 11 is 6.05. The lowest BCUT2D eigenvalue weighted by molar-refractivity contribution is -0.129. The summed E-state index contributed by atoms with van der Waals surface area (Å²) in [6.45, 7) is 10.5. The number of hydrogen-bond acceptors (Lipinski definition) is 7. The first-order chi connectivity index (χ1) is 23.6. The number of anilines is 1. The van der Waals surface area contributed by atoms with E-state index in [0.717, 1.165) is 21.6 Å². The molecular formula is C37H46ClN5O6S. The molecule has 1 saturated heterocycles. The van der Waals surface area contributed by atoms with Gasteiger partial charge < -0.3 is 21.1 Å². The average molecular weight is 724 g/mol. The Bertz CT molecular complexity index is 1790. The van der Waals surface area contributed by atoms with Gasteiger partial charge in [0.1, 0.15) is 12.6 Å². The van der Waals surface area contributed by atoms with Gasteiger partial charge in [-0.05, 0) is 53.1 Å². The van der Waals surface area contributed by atoms with E-state index >= 15 is 0 Å². The summed E-state index contributed by atoms with van der Waals surface area (Å²) in [6, 6.07) is 17.9. The highest BCUT2D eigenvalue weighted by atomic mass is 35.5. The maximum atomic E-state index is 14.1. The smallest absolute Gasteiger partial charge is 0.328 e. The fraction of sp³-hybridized carbons (Fsp3) is 0.378. The van der Waals surface area contributed by atoms with Crippen molar-refractivity contribution < 1.29 is 27.9 Å². The molecule has 1 aliphatic rings. The van der Waals surface area contributed by atoms with E-state index in [1.165, 1.54) is 27.4 Å². The quantitative estimate of drug-likeness (QED) is 0.142. The third-order valence-corrected chi connectivity index (χ3v) is 10.7. The molecule has 0 aromatic heterocycles. The fourth-order valence-electron chi connectivity index (χ4n) is 5.94. The lowest BCUT2D eigenvalue weighted by Gasteiger charge is -2.34. The van der Waals surface area contributed by atoms with Gasteiger partial charge in [0.25, 0.3) is 5.91 Å². The molecule has 50 heavy (non-hydrogen) atoms. The molecule has 1 unspecified atom stereocenters. The van der Waals surface area contributed by atoms with Gasteiger partial charge in [0.2, 0.25) is 15.9 Å². The number of benzene rings is 3. The number of halogens is 1. The highest BCUT2D eigenvalue weighted by Gasteiger charge is 2.44. The van der Waals surface area contributed by atoms with Crippen LogP contribution in [0.3, 0.4) is 0 Å². The highest BCUT2D eigenvalue weighted by Crippen LogP contribution is 2.26. The minimum Gasteiger partial charge on any atom is -0.397 e. The summed E-state index contributed by atoms with van der Waals surface area (Å²) in [4.78, 5) is 43.1. The summed E-state index contributed by atoms with van der Waals surface area (Å²) < 4.78 is 28.9. The van der Waals surface area contributed by atoms with Crippen LogP contribution in [0.4, 0.5) is 10.5 Å². The first kappa shape index (κ1) is 38.6. The molecule has 0 aliphatic carbocycles. The molecule has 13 heteroatoms. The molecule has 4 N–H and O–H groups in total. The Morgan fingerprint density at radius 2 is 1.68 bits per heavy atom. The van der Waals surface area contributed by atoms with Crippen LogP contribution in [0.5, 0.6) is 0 Å². The Hall–Kier alpha value is -4.23. The molecule has 1 fully saturated rings. The summed E-state index contributed by atoms with van der Waals surface area (Å²) in [5, 5.41) is 14.9. The Labute approximate surface area is 299 Å². The summed E-state index contributed by atoms with van der Waals surface area (Å²) in [6.07, 6.45) is 0.500. The van der Waals surface area contributed by atoms with E-state index in [9.17, 15) is 27.9 Å². The molecule has 0 bridgehead atoms. The van der Waals surface area contributed by atoms with Crippen molar-refractivity contribution in [2.24, 2.45) is 11.8 Å². The number of carbonyl (C=O) groups is 3. The Balaban J connectivity index is 1.59. The Kier molecular flexibility index (Phi) is 12.8. The number of nitrogen functional groups attached to an aromatic ring is 1. The van der Waals surface area contributed by atoms with Gasteiger partial charge in [0.15, 0.2) is 0 Å². The van der Waals surface area contributed by atoms with E-state index in [1.54, 1.807) is 19.9 Å². The average Bonchev–Trinajstić information content (AvgIpc) is 3.33. The van der Waals surface area contributed by atoms with Gasteiger partial charge in [-0.3, -0.25) is 14.5 Å². The molecule has 1 aliphatic heterocycles. The molecule has 4 amide bonds. The minimum absolute atomic E-state index is 0.0484. The number of aliphatic hydroxyl groups excluding tert-OH is 1. The van der Waals surface area contributed by atoms with Crippen LogP contribution < -0.4 is 11.1 Å². The number of nitrogens with zero attached hydrogens (tertiary/aromatic N) is 3. The molecule has 3 aromatic rings. The number of sulfonamides is 1. The number of nitrogens with two attached hydrogens (primary N) is 1. The first-order valence-corrected chi connectivity index (χ1v) is 18.3. The van der Waals surface area contributed by atoms with Crippen LogP contribution in [-0.2, 0) is 32.6 Å². The number of imide groups is 1. The van der Waals surface area contributed by atoms with E-state index in [4.69, 9.17) is 17.3 Å². The number of rotatable bonds is 16. The van der Waals surface area contributed by atoms with Crippen molar-refractivity contribution in [3.63, 3.8) is 0 Å². The second-order valence-corrected chi connectivity index (χ2v) is 15.6. The molecule has 0 radical (unpaired) electrons. The number of urea groups is 1. The molecular weight excluding hydrogens is 678 g/mol. The minimum atomic E-state index is -4.14. The van der Waals surface area contributed by atoms with Crippen LogP contribution in [0.15, 0.2) is 84.3 Å². The van der Waals surface area contributed by atoms with E-state index in [2.05, 4.69) is 11.9 Å². The van der Waals surface area contributed by atoms with Gasteiger partial charge in [-0.15, -0.1) is 0 Å². The van der Waals surface area contributed by atoms with Crippen molar-refractivity contribution in [1.29, 1.82) is 0 Å². The fourth-order valence-corrected chi connectivity index (χ4v) is 7.72. The molecule has 3 aromatic carbocycles. The molecule has 3 atom stereocenters. The number of hydrogen-bond donors (Lipinski definition) is 3. The zero-order chi connectivity index (χ0) is 36.7. The predicted octanol–water partition coefficient (Wildman–Crippen LogP) is 4.79. The molecule has 4 rings (SSSR count). The first-order valence-electron chi connectivity index (χ1n) is 16.5. The number of amides is 4. The standard InChI is InChI=1S/C37H46ClN5O6S/c1-6-26-12-14-28(15-13-26)21-42-34(45)23-43(37(42)47)35(25(4)5)36(46)40-32(18-27-10-8-7-9-11-27)33(44)22-41(20-24(2)3)50(48,49)29-16-17-30(38)31(39)19-29/h6-17,19,24-25,32-33,35,44H,1,18,20-23,39H2,2-5H3,(H,40,46)/t32?,33-,35-/m0/s1. The van der Waals surface area contributed by atoms with Gasteiger partial charge in [-0.2, -0.15) is 4.31 Å². The second-order valence-electron chi connectivity index (χ2n) is 13.3. The van der Waals surface area contributed by atoms with Crippen LogP contribution in [0, 0.1) is 11.8 Å². The van der Waals surface area contributed by atoms with Crippen LogP contribution in [0.2, 0.25) is 5.02 Å². The summed E-state index contributed by atoms with van der Waals surface area (Å²) in [5.41, 5.74) is 8.47. The lowest BCUT2D eigenvalue weighted by Crippen LogP contribution is -2.57. The van der Waals surface area contributed by atoms with Crippen LogP contribution >= 0.6 is 11.6 Å². The van der Waals surface area contributed by atoms with Crippen molar-refractivity contribution in [3.8, 4) is 0 Å². The third-order valence-electron chi connectivity index (χ3n) is 8.53. The number of nitrogens with one attached hydrogen (secondary N) is 1. The van der Waals surface area contributed by atoms with Gasteiger partial charge >= 0.3 is 6.03 Å². The van der Waals surface area contributed by atoms with Crippen LogP contribution in [-0.4, -0.2) is 83.3 Å². The van der Waals surface area contributed by atoms with Crippen LogP contribution in [0.1, 0.15) is 44.4 Å². The van der Waals surface area contributed by atoms with E-state index in [0.29, 0.717) is 0 Å². The van der Waals surface area contributed by atoms with Gasteiger partial charge in [-0.25, -0.2) is 13.2 Å². The number of aliphatic hydroxyl groups is 1. The second kappa shape index (κ2) is 16.7. The van der Waals surface area contributed by atoms with E-state index in [1.807, 2.05) is 68.4 Å². The molecule has 268 valence electrons. The predicted molar refractivity (Wildman–Crippen MR) is 195 cm³/mol. The maximum absolute atomic E-state index is 14.1. The summed E-state index contributed by atoms with van der Waals surface area (Å²) in [7, 11) is -4.14. The third kappa shape index (κ3) is 9.30. The molecule has 0 saturated carbocycles. The van der Waals surface area contributed by atoms with E-state index < -0.39 is 52.0 Å². The van der Waals surface area contributed by atoms with Gasteiger partial charge in [0.05, 0.1) is 34.3 Å². The van der Waals surface area contributed by atoms with Gasteiger partial charge in [-0.1, -0.05) is 107 Å². The van der Waals surface area contributed by atoms with E-state index in [-0.39, 0.29) is 54.1 Å². The van der Waals surface area contributed by atoms with Crippen molar-refractivity contribution in [3.05, 3.63) is 101 Å². The summed E-state index contributed by atoms with van der Waals surface area (Å²) in [5.74, 6) is -1.50. The van der Waals surface area contributed by atoms with Gasteiger partial charge in [0, 0.05) is 13.1 Å². The van der Waals surface area contributed by atoms with Crippen molar-refractivity contribution in [1.82, 2.24) is 19.4 Å². The number of carbonyl (C=O) groups excluding carboxylic acids is 3. The molecule has 11 nitrogen and oxygen atoms in total. The molecule has 0 spiro atoms. The lowest BCUT2D eigenvalue weighted by atomic mass is 9.97. The monoisotopic (exact) mass is 723 g/mol. The maximum Gasteiger partial charge on any atom is 0.328 e. The van der Waals surface area contributed by atoms with Crippen LogP contribution in [0.25, 0.3) is 6.08 Å². The largest absolute Gasteiger partial charge is 0.397 e. The normalized spacial score (nSPS) is 15.5. The SMILES string of the molecule is C=Cc1ccc(CN2C(=O)CN([C@H](C(=O)NC(Cc3ccccc3)[C@@H](O)CN(CC(C)C)S(=O)(=O)c3ccc(Cl)c(N)c3)C(C)C)C2=O)cc1. The zero-order valence-electron chi connectivity index (χ0n) is 28.8.